The molecule has 5 nitrogen and oxygen atoms in total. The van der Waals surface area contributed by atoms with E-state index in [1.54, 1.807) is 24.3 Å². The third-order valence-corrected chi connectivity index (χ3v) is 4.81. The van der Waals surface area contributed by atoms with Crippen LogP contribution in [0.2, 0.25) is 5.02 Å². The van der Waals surface area contributed by atoms with Gasteiger partial charge in [0.25, 0.3) is 11.8 Å². The Labute approximate surface area is 161 Å². The fourth-order valence-corrected chi connectivity index (χ4v) is 3.43. The Morgan fingerprint density at radius 2 is 1.96 bits per heavy atom. The number of anilines is 1. The van der Waals surface area contributed by atoms with Crippen LogP contribution >= 0.6 is 11.6 Å². The van der Waals surface area contributed by atoms with Crippen LogP contribution in [0.25, 0.3) is 0 Å². The number of para-hydroxylation sites is 1. The molecule has 1 heterocycles. The SMILES string of the molecule is O=C(NCc1cc(F)cc(Cl)c1)[C@]1(O)CCCCN(c2ccccc2)C1=O. The van der Waals surface area contributed by atoms with Gasteiger partial charge in [0.15, 0.2) is 0 Å². The van der Waals surface area contributed by atoms with Crippen molar-refractivity contribution in [1.82, 2.24) is 5.32 Å². The average Bonchev–Trinajstić information content (AvgIpc) is 2.80. The molecule has 1 fully saturated rings. The number of hydrogen-bond donors (Lipinski definition) is 2. The molecule has 142 valence electrons. The van der Waals surface area contributed by atoms with E-state index in [2.05, 4.69) is 5.32 Å². The van der Waals surface area contributed by atoms with Crippen LogP contribution in [-0.2, 0) is 16.1 Å². The molecule has 2 aromatic rings. The molecular weight excluding hydrogens is 371 g/mol. The molecule has 0 radical (unpaired) electrons. The van der Waals surface area contributed by atoms with Gasteiger partial charge in [0.05, 0.1) is 0 Å². The Bertz CT molecular complexity index is 826. The van der Waals surface area contributed by atoms with E-state index < -0.39 is 23.2 Å². The van der Waals surface area contributed by atoms with E-state index in [0.717, 1.165) is 6.07 Å². The van der Waals surface area contributed by atoms with Crippen molar-refractivity contribution >= 4 is 29.1 Å². The number of nitrogens with one attached hydrogen (secondary N) is 1. The maximum atomic E-state index is 13.4. The lowest BCUT2D eigenvalue weighted by Crippen LogP contribution is -2.57. The van der Waals surface area contributed by atoms with Gasteiger partial charge >= 0.3 is 0 Å². The van der Waals surface area contributed by atoms with Gasteiger partial charge in [0, 0.05) is 23.8 Å². The molecule has 0 saturated carbocycles. The second-order valence-corrected chi connectivity index (χ2v) is 7.01. The van der Waals surface area contributed by atoms with Gasteiger partial charge in [-0.1, -0.05) is 29.8 Å². The van der Waals surface area contributed by atoms with Crippen LogP contribution in [0.5, 0.6) is 0 Å². The zero-order valence-electron chi connectivity index (χ0n) is 14.6. The van der Waals surface area contributed by atoms with Crippen LogP contribution in [-0.4, -0.2) is 29.1 Å². The van der Waals surface area contributed by atoms with E-state index in [9.17, 15) is 19.1 Å². The molecule has 0 aliphatic carbocycles. The molecule has 1 aliphatic rings. The van der Waals surface area contributed by atoms with E-state index in [-0.39, 0.29) is 18.0 Å². The van der Waals surface area contributed by atoms with Crippen molar-refractivity contribution in [2.45, 2.75) is 31.4 Å². The number of rotatable bonds is 4. The van der Waals surface area contributed by atoms with E-state index in [1.165, 1.54) is 17.0 Å². The van der Waals surface area contributed by atoms with Gasteiger partial charge in [-0.05, 0) is 55.2 Å². The number of aliphatic hydroxyl groups is 1. The topological polar surface area (TPSA) is 69.6 Å². The second kappa shape index (κ2) is 8.06. The molecule has 3 rings (SSSR count). The van der Waals surface area contributed by atoms with Crippen LogP contribution in [0.3, 0.4) is 0 Å². The van der Waals surface area contributed by atoms with Gasteiger partial charge in [-0.2, -0.15) is 0 Å². The minimum absolute atomic E-state index is 0.0326. The highest BCUT2D eigenvalue weighted by Crippen LogP contribution is 2.27. The quantitative estimate of drug-likeness (QED) is 0.788. The predicted octanol–water partition coefficient (Wildman–Crippen LogP) is 3.04. The smallest absolute Gasteiger partial charge is 0.268 e. The van der Waals surface area contributed by atoms with Crippen molar-refractivity contribution < 1.29 is 19.1 Å². The summed E-state index contributed by atoms with van der Waals surface area (Å²) < 4.78 is 13.4. The Morgan fingerprint density at radius 3 is 2.67 bits per heavy atom. The summed E-state index contributed by atoms with van der Waals surface area (Å²) in [5.74, 6) is -1.97. The molecule has 0 spiro atoms. The normalized spacial score (nSPS) is 20.3. The largest absolute Gasteiger partial charge is 0.372 e. The average molecular weight is 391 g/mol. The van der Waals surface area contributed by atoms with Crippen LogP contribution in [0.15, 0.2) is 48.5 Å². The van der Waals surface area contributed by atoms with Gasteiger partial charge < -0.3 is 15.3 Å². The first-order chi connectivity index (χ1) is 12.9. The number of amides is 2. The lowest BCUT2D eigenvalue weighted by atomic mass is 9.95. The minimum Gasteiger partial charge on any atom is -0.372 e. The molecule has 1 aliphatic heterocycles. The monoisotopic (exact) mass is 390 g/mol. The Balaban J connectivity index is 1.77. The summed E-state index contributed by atoms with van der Waals surface area (Å²) in [5.41, 5.74) is -1.09. The van der Waals surface area contributed by atoms with Crippen molar-refractivity contribution in [1.29, 1.82) is 0 Å². The fraction of sp³-hybridized carbons (Fsp3) is 0.300. The van der Waals surface area contributed by atoms with Crippen LogP contribution in [0.4, 0.5) is 10.1 Å². The maximum absolute atomic E-state index is 13.4. The first-order valence-electron chi connectivity index (χ1n) is 8.73. The number of nitrogens with zero attached hydrogens (tertiary/aromatic N) is 1. The zero-order valence-corrected chi connectivity index (χ0v) is 15.4. The van der Waals surface area contributed by atoms with E-state index in [4.69, 9.17) is 11.6 Å². The summed E-state index contributed by atoms with van der Waals surface area (Å²) in [7, 11) is 0. The number of carbonyl (C=O) groups excluding carboxylic acids is 2. The van der Waals surface area contributed by atoms with Crippen molar-refractivity contribution in [2.24, 2.45) is 0 Å². The summed E-state index contributed by atoms with van der Waals surface area (Å²) in [6.45, 7) is 0.384. The third-order valence-electron chi connectivity index (χ3n) is 4.59. The van der Waals surface area contributed by atoms with Gasteiger partial charge in [0.1, 0.15) is 5.82 Å². The van der Waals surface area contributed by atoms with Crippen molar-refractivity contribution in [3.05, 3.63) is 64.9 Å². The molecule has 0 aromatic heterocycles. The molecule has 1 atom stereocenters. The summed E-state index contributed by atoms with van der Waals surface area (Å²) in [5, 5.41) is 13.6. The number of carbonyl (C=O) groups is 2. The highest BCUT2D eigenvalue weighted by molar-refractivity contribution is 6.30. The van der Waals surface area contributed by atoms with E-state index in [0.29, 0.717) is 30.6 Å². The van der Waals surface area contributed by atoms with Crippen LogP contribution in [0, 0.1) is 5.82 Å². The Morgan fingerprint density at radius 1 is 1.22 bits per heavy atom. The van der Waals surface area contributed by atoms with Crippen LogP contribution < -0.4 is 10.2 Å². The van der Waals surface area contributed by atoms with Gasteiger partial charge in [-0.15, -0.1) is 0 Å². The van der Waals surface area contributed by atoms with Gasteiger partial charge in [-0.25, -0.2) is 4.39 Å². The highest BCUT2D eigenvalue weighted by Gasteiger charge is 2.47. The van der Waals surface area contributed by atoms with Crippen molar-refractivity contribution in [3.63, 3.8) is 0 Å². The van der Waals surface area contributed by atoms with Gasteiger partial charge in [-0.3, -0.25) is 9.59 Å². The molecule has 7 heteroatoms. The minimum atomic E-state index is -2.16. The molecule has 2 amide bonds. The van der Waals surface area contributed by atoms with Crippen molar-refractivity contribution in [3.8, 4) is 0 Å². The Kier molecular flexibility index (Phi) is 5.77. The summed E-state index contributed by atoms with van der Waals surface area (Å²) in [4.78, 5) is 27.1. The first-order valence-corrected chi connectivity index (χ1v) is 9.10. The molecule has 1 saturated heterocycles. The molecule has 0 bridgehead atoms. The zero-order chi connectivity index (χ0) is 19.4. The highest BCUT2D eigenvalue weighted by atomic mass is 35.5. The summed E-state index contributed by atoms with van der Waals surface area (Å²) in [6.07, 6.45) is 1.24. The van der Waals surface area contributed by atoms with E-state index in [1.807, 2.05) is 6.07 Å². The fourth-order valence-electron chi connectivity index (χ4n) is 3.19. The standard InChI is InChI=1S/C20H20ClFN2O3/c21-15-10-14(11-16(22)12-15)13-23-18(25)20(27)8-4-5-9-24(19(20)26)17-6-2-1-3-7-17/h1-3,6-7,10-12,27H,4-5,8-9,13H2,(H,23,25)/t20-/m1/s1. The maximum Gasteiger partial charge on any atom is 0.268 e. The second-order valence-electron chi connectivity index (χ2n) is 6.57. The molecule has 0 unspecified atom stereocenters. The molecule has 2 aromatic carbocycles. The Hall–Kier alpha value is -2.44. The lowest BCUT2D eigenvalue weighted by molar-refractivity contribution is -0.152. The molecular formula is C20H20ClFN2O3. The van der Waals surface area contributed by atoms with Crippen LogP contribution in [0.1, 0.15) is 24.8 Å². The summed E-state index contributed by atoms with van der Waals surface area (Å²) >= 11 is 5.81. The van der Waals surface area contributed by atoms with Gasteiger partial charge in [0.2, 0.25) is 5.60 Å². The van der Waals surface area contributed by atoms with E-state index >= 15 is 0 Å². The lowest BCUT2D eigenvalue weighted by Gasteiger charge is -2.29. The molecule has 2 N–H and O–H groups in total. The molecule has 27 heavy (non-hydrogen) atoms. The number of benzene rings is 2. The first kappa shape index (κ1) is 19.3. The summed E-state index contributed by atoms with van der Waals surface area (Å²) in [6, 6.07) is 12.8. The number of halogens is 2. The number of hydrogen-bond acceptors (Lipinski definition) is 3. The predicted molar refractivity (Wildman–Crippen MR) is 101 cm³/mol. The third kappa shape index (κ3) is 4.28. The van der Waals surface area contributed by atoms with Crippen molar-refractivity contribution in [2.75, 3.05) is 11.4 Å².